The van der Waals surface area contributed by atoms with Crippen LogP contribution in [0.15, 0.2) is 41.3 Å². The average molecular weight is 322 g/mol. The van der Waals surface area contributed by atoms with Crippen LogP contribution in [0.1, 0.15) is 0 Å². The molecule has 0 aliphatic rings. The molecule has 0 radical (unpaired) electrons. The lowest BCUT2D eigenvalue weighted by Crippen LogP contribution is -2.17. The number of hydrogen-bond donors (Lipinski definition) is 1. The van der Waals surface area contributed by atoms with Crippen molar-refractivity contribution in [1.29, 1.82) is 0 Å². The summed E-state index contributed by atoms with van der Waals surface area (Å²) in [6.45, 7) is 0. The van der Waals surface area contributed by atoms with Gasteiger partial charge in [-0.3, -0.25) is 4.72 Å². The number of anilines is 1. The third-order valence-corrected chi connectivity index (χ3v) is 4.01. The molecule has 0 heterocycles. The van der Waals surface area contributed by atoms with Crippen LogP contribution in [0.25, 0.3) is 0 Å². The van der Waals surface area contributed by atoms with Crippen molar-refractivity contribution < 1.29 is 21.6 Å². The fraction of sp³-hybridized carbons (Fsp3) is 0. The summed E-state index contributed by atoms with van der Waals surface area (Å²) < 4.78 is 65.9. The van der Waals surface area contributed by atoms with E-state index in [1.165, 1.54) is 6.07 Å². The third-order valence-electron chi connectivity index (χ3n) is 2.36. The number of rotatable bonds is 3. The van der Waals surface area contributed by atoms with Gasteiger partial charge in [-0.1, -0.05) is 17.7 Å². The van der Waals surface area contributed by atoms with Gasteiger partial charge in [0.15, 0.2) is 4.90 Å². The highest BCUT2D eigenvalue weighted by Gasteiger charge is 2.24. The molecule has 1 N–H and O–H groups in total. The second-order valence-electron chi connectivity index (χ2n) is 3.78. The molecule has 0 atom stereocenters. The molecule has 106 valence electrons. The molecule has 0 fully saturated rings. The lowest BCUT2D eigenvalue weighted by atomic mass is 10.3. The third kappa shape index (κ3) is 2.88. The fourth-order valence-corrected chi connectivity index (χ4v) is 2.88. The Morgan fingerprint density at radius 1 is 0.950 bits per heavy atom. The zero-order chi connectivity index (χ0) is 14.9. The lowest BCUT2D eigenvalue weighted by molar-refractivity contribution is 0.521. The largest absolute Gasteiger partial charge is 0.276 e. The van der Waals surface area contributed by atoms with E-state index in [0.717, 1.165) is 30.3 Å². The van der Waals surface area contributed by atoms with Crippen LogP contribution in [-0.4, -0.2) is 8.42 Å². The van der Waals surface area contributed by atoms with Crippen molar-refractivity contribution in [1.82, 2.24) is 0 Å². The Hall–Kier alpha value is -1.73. The highest BCUT2D eigenvalue weighted by Crippen LogP contribution is 2.25. The molecule has 0 aliphatic carbocycles. The highest BCUT2D eigenvalue weighted by molar-refractivity contribution is 7.92. The van der Waals surface area contributed by atoms with E-state index in [0.29, 0.717) is 0 Å². The molecule has 0 saturated carbocycles. The van der Waals surface area contributed by atoms with Crippen molar-refractivity contribution in [2.75, 3.05) is 4.72 Å². The minimum absolute atomic E-state index is 0.0677. The van der Waals surface area contributed by atoms with Gasteiger partial charge in [0.2, 0.25) is 0 Å². The second kappa shape index (κ2) is 5.34. The minimum Gasteiger partial charge on any atom is -0.276 e. The Morgan fingerprint density at radius 3 is 2.15 bits per heavy atom. The molecule has 3 nitrogen and oxygen atoms in total. The summed E-state index contributed by atoms with van der Waals surface area (Å²) in [4.78, 5) is -1.18. The van der Waals surface area contributed by atoms with E-state index >= 15 is 0 Å². The first-order valence-electron chi connectivity index (χ1n) is 5.23. The molecule has 8 heteroatoms. The SMILES string of the molecule is O=S(=O)(Nc1cc(Cl)ccc1F)c1c(F)cccc1F. The number of halogens is 4. The molecule has 2 aromatic rings. The van der Waals surface area contributed by atoms with Crippen molar-refractivity contribution in [2.45, 2.75) is 4.90 Å². The topological polar surface area (TPSA) is 46.2 Å². The van der Waals surface area contributed by atoms with E-state index in [1.54, 1.807) is 4.72 Å². The maximum absolute atomic E-state index is 13.4. The van der Waals surface area contributed by atoms with Crippen LogP contribution in [0.3, 0.4) is 0 Å². The standard InChI is InChI=1S/C12H7ClF3NO2S/c13-7-4-5-8(14)11(6-7)17-20(18,19)12-9(15)2-1-3-10(12)16/h1-6,17H. The average Bonchev–Trinajstić information content (AvgIpc) is 2.33. The lowest BCUT2D eigenvalue weighted by Gasteiger charge is -2.10. The van der Waals surface area contributed by atoms with Gasteiger partial charge in [0.1, 0.15) is 17.5 Å². The molecule has 2 rings (SSSR count). The smallest absolute Gasteiger partial charge is 0.267 e. The summed E-state index contributed by atoms with van der Waals surface area (Å²) in [5, 5.41) is 0.0677. The zero-order valence-corrected chi connectivity index (χ0v) is 11.3. The predicted octanol–water partition coefficient (Wildman–Crippen LogP) is 3.56. The molecule has 0 aliphatic heterocycles. The van der Waals surface area contributed by atoms with Gasteiger partial charge in [0.05, 0.1) is 5.69 Å². The van der Waals surface area contributed by atoms with E-state index in [9.17, 15) is 21.6 Å². The molecule has 0 unspecified atom stereocenters. The van der Waals surface area contributed by atoms with E-state index in [-0.39, 0.29) is 5.02 Å². The minimum atomic E-state index is -4.61. The maximum Gasteiger partial charge on any atom is 0.267 e. The summed E-state index contributed by atoms with van der Waals surface area (Å²) in [5.41, 5.74) is -0.500. The second-order valence-corrected chi connectivity index (χ2v) is 5.84. The highest BCUT2D eigenvalue weighted by atomic mass is 35.5. The van der Waals surface area contributed by atoms with E-state index < -0.39 is 38.1 Å². The van der Waals surface area contributed by atoms with Gasteiger partial charge in [-0.15, -0.1) is 0 Å². The molecule has 0 saturated heterocycles. The first-order valence-corrected chi connectivity index (χ1v) is 7.09. The number of nitrogens with one attached hydrogen (secondary N) is 1. The normalized spacial score (nSPS) is 11.4. The van der Waals surface area contributed by atoms with Gasteiger partial charge in [0.25, 0.3) is 10.0 Å². The van der Waals surface area contributed by atoms with E-state index in [1.807, 2.05) is 0 Å². The van der Waals surface area contributed by atoms with Gasteiger partial charge in [-0.2, -0.15) is 0 Å². The summed E-state index contributed by atoms with van der Waals surface area (Å²) in [7, 11) is -4.61. The number of benzene rings is 2. The Morgan fingerprint density at radius 2 is 1.55 bits per heavy atom. The summed E-state index contributed by atoms with van der Waals surface area (Å²) in [6.07, 6.45) is 0. The Labute approximate surface area is 118 Å². The van der Waals surface area contributed by atoms with Crippen molar-refractivity contribution in [3.05, 3.63) is 58.9 Å². The van der Waals surface area contributed by atoms with Gasteiger partial charge < -0.3 is 0 Å². The molecule has 0 amide bonds. The van der Waals surface area contributed by atoms with Gasteiger partial charge in [-0.05, 0) is 30.3 Å². The Balaban J connectivity index is 2.49. The van der Waals surface area contributed by atoms with Crippen LogP contribution in [-0.2, 0) is 10.0 Å². The van der Waals surface area contributed by atoms with Crippen molar-refractivity contribution in [3.8, 4) is 0 Å². The molecule has 2 aromatic carbocycles. The number of sulfonamides is 1. The maximum atomic E-state index is 13.4. The van der Waals surface area contributed by atoms with Crippen LogP contribution in [0.2, 0.25) is 5.02 Å². The van der Waals surface area contributed by atoms with Crippen LogP contribution < -0.4 is 4.72 Å². The quantitative estimate of drug-likeness (QED) is 0.939. The summed E-state index contributed by atoms with van der Waals surface area (Å²) >= 11 is 5.60. The van der Waals surface area contributed by atoms with Gasteiger partial charge >= 0.3 is 0 Å². The van der Waals surface area contributed by atoms with Crippen LogP contribution in [0.4, 0.5) is 18.9 Å². The van der Waals surface area contributed by atoms with Crippen molar-refractivity contribution in [3.63, 3.8) is 0 Å². The summed E-state index contributed by atoms with van der Waals surface area (Å²) in [6, 6.07) is 5.71. The first-order chi connectivity index (χ1) is 9.31. The Kier molecular flexibility index (Phi) is 3.92. The molecule has 0 spiro atoms. The zero-order valence-electron chi connectivity index (χ0n) is 9.70. The molecule has 0 aromatic heterocycles. The van der Waals surface area contributed by atoms with Gasteiger partial charge in [0, 0.05) is 5.02 Å². The Bertz CT molecular complexity index is 745. The summed E-state index contributed by atoms with van der Waals surface area (Å²) in [5.74, 6) is -3.48. The molecule has 0 bridgehead atoms. The molecular formula is C12H7ClF3NO2S. The first kappa shape index (κ1) is 14.7. The molecular weight excluding hydrogens is 315 g/mol. The molecule has 20 heavy (non-hydrogen) atoms. The predicted molar refractivity (Wildman–Crippen MR) is 68.6 cm³/mol. The van der Waals surface area contributed by atoms with Crippen molar-refractivity contribution >= 4 is 27.3 Å². The monoisotopic (exact) mass is 321 g/mol. The van der Waals surface area contributed by atoms with Crippen molar-refractivity contribution in [2.24, 2.45) is 0 Å². The van der Waals surface area contributed by atoms with Crippen LogP contribution in [0, 0.1) is 17.5 Å². The van der Waals surface area contributed by atoms with Gasteiger partial charge in [-0.25, -0.2) is 21.6 Å². The van der Waals surface area contributed by atoms with E-state index in [4.69, 9.17) is 11.6 Å². The van der Waals surface area contributed by atoms with Crippen LogP contribution in [0.5, 0.6) is 0 Å². The van der Waals surface area contributed by atoms with E-state index in [2.05, 4.69) is 0 Å². The van der Waals surface area contributed by atoms with Crippen LogP contribution >= 0.6 is 11.6 Å². The number of hydrogen-bond acceptors (Lipinski definition) is 2. The fourth-order valence-electron chi connectivity index (χ4n) is 1.51.